The van der Waals surface area contributed by atoms with Gasteiger partial charge in [0.25, 0.3) is 0 Å². The normalized spacial score (nSPS) is 12.6. The Morgan fingerprint density at radius 3 is 2.39 bits per heavy atom. The van der Waals surface area contributed by atoms with Gasteiger partial charge in [-0.05, 0) is 84.4 Å². The van der Waals surface area contributed by atoms with Crippen LogP contribution in [0.2, 0.25) is 10.0 Å². The summed E-state index contributed by atoms with van der Waals surface area (Å²) in [6, 6.07) is 13.7. The van der Waals surface area contributed by atoms with E-state index in [2.05, 4.69) is 47.4 Å². The zero-order valence-corrected chi connectivity index (χ0v) is 21.7. The molecule has 0 amide bonds. The molecule has 3 rings (SSSR count). The van der Waals surface area contributed by atoms with Crippen molar-refractivity contribution in [2.24, 2.45) is 0 Å². The van der Waals surface area contributed by atoms with Gasteiger partial charge in [0, 0.05) is 26.1 Å². The molecule has 0 saturated heterocycles. The van der Waals surface area contributed by atoms with Crippen LogP contribution in [0, 0.1) is 3.57 Å². The van der Waals surface area contributed by atoms with E-state index in [9.17, 15) is 5.11 Å². The maximum absolute atomic E-state index is 11.3. The standard InChI is InChI=1S/C25H29Cl2IN2O/c1-3-5-10-30(11-6-4-2)16-24(31)20-15-23(17-8-7-9-19(28)12-17)29-25-21(20)13-18(26)14-22(25)27/h7-9,12-15,24,31H,3-6,10-11,16H2,1-2H3/t24-/m1/s1. The van der Waals surface area contributed by atoms with Crippen molar-refractivity contribution in [2.45, 2.75) is 45.6 Å². The van der Waals surface area contributed by atoms with Gasteiger partial charge >= 0.3 is 0 Å². The van der Waals surface area contributed by atoms with Gasteiger partial charge in [-0.2, -0.15) is 0 Å². The Morgan fingerprint density at radius 2 is 1.74 bits per heavy atom. The number of rotatable bonds is 10. The summed E-state index contributed by atoms with van der Waals surface area (Å²) < 4.78 is 1.13. The number of fused-ring (bicyclic) bond motifs is 1. The van der Waals surface area contributed by atoms with Gasteiger partial charge in [-0.1, -0.05) is 62.0 Å². The van der Waals surface area contributed by atoms with Crippen molar-refractivity contribution in [3.63, 3.8) is 0 Å². The van der Waals surface area contributed by atoms with Gasteiger partial charge in [0.15, 0.2) is 0 Å². The first-order chi connectivity index (χ1) is 14.9. The summed E-state index contributed by atoms with van der Waals surface area (Å²) in [5.74, 6) is 0. The molecule has 3 nitrogen and oxygen atoms in total. The highest BCUT2D eigenvalue weighted by atomic mass is 127. The zero-order chi connectivity index (χ0) is 22.4. The van der Waals surface area contributed by atoms with Crippen molar-refractivity contribution >= 4 is 56.7 Å². The molecule has 1 aromatic heterocycles. The summed E-state index contributed by atoms with van der Waals surface area (Å²) in [6.07, 6.45) is 3.87. The molecule has 1 N–H and O–H groups in total. The number of aliphatic hydroxyl groups excluding tert-OH is 1. The van der Waals surface area contributed by atoms with Crippen molar-refractivity contribution < 1.29 is 5.11 Å². The maximum Gasteiger partial charge on any atom is 0.0924 e. The fourth-order valence-electron chi connectivity index (χ4n) is 3.75. The Kier molecular flexibility index (Phi) is 9.41. The average Bonchev–Trinajstić information content (AvgIpc) is 2.74. The summed E-state index contributed by atoms with van der Waals surface area (Å²) in [5, 5.41) is 13.2. The first kappa shape index (κ1) is 24.7. The van der Waals surface area contributed by atoms with E-state index in [1.54, 1.807) is 6.07 Å². The third-order valence-corrected chi connectivity index (χ3v) is 6.61. The lowest BCUT2D eigenvalue weighted by atomic mass is 9.99. The van der Waals surface area contributed by atoms with Crippen LogP contribution in [0.25, 0.3) is 22.2 Å². The minimum atomic E-state index is -0.657. The van der Waals surface area contributed by atoms with Crippen molar-refractivity contribution in [1.29, 1.82) is 0 Å². The highest BCUT2D eigenvalue weighted by Crippen LogP contribution is 2.35. The molecule has 1 atom stereocenters. The number of benzene rings is 2. The van der Waals surface area contributed by atoms with E-state index in [4.69, 9.17) is 28.2 Å². The van der Waals surface area contributed by atoms with Gasteiger partial charge in [0.1, 0.15) is 0 Å². The van der Waals surface area contributed by atoms with Crippen LogP contribution in [-0.4, -0.2) is 34.6 Å². The van der Waals surface area contributed by atoms with Gasteiger partial charge < -0.3 is 10.0 Å². The molecular formula is C25H29Cl2IN2O. The molecule has 0 spiro atoms. The summed E-state index contributed by atoms with van der Waals surface area (Å²) in [4.78, 5) is 7.19. The predicted octanol–water partition coefficient (Wildman–Crippen LogP) is 7.75. The summed E-state index contributed by atoms with van der Waals surface area (Å²) in [6.45, 7) is 6.95. The SMILES string of the molecule is CCCCN(CCCC)C[C@@H](O)c1cc(-c2cccc(I)c2)nc2c(Cl)cc(Cl)cc12. The molecule has 3 aromatic rings. The zero-order valence-electron chi connectivity index (χ0n) is 18.0. The number of aliphatic hydroxyl groups is 1. The van der Waals surface area contributed by atoms with Crippen molar-refractivity contribution in [2.75, 3.05) is 19.6 Å². The van der Waals surface area contributed by atoms with E-state index in [1.165, 1.54) is 0 Å². The largest absolute Gasteiger partial charge is 0.387 e. The van der Waals surface area contributed by atoms with E-state index in [0.29, 0.717) is 22.1 Å². The minimum Gasteiger partial charge on any atom is -0.387 e. The van der Waals surface area contributed by atoms with E-state index in [1.807, 2.05) is 30.3 Å². The number of halogens is 3. The number of aromatic nitrogens is 1. The van der Waals surface area contributed by atoms with Gasteiger partial charge in [-0.3, -0.25) is 0 Å². The number of hydrogen-bond acceptors (Lipinski definition) is 3. The molecule has 0 fully saturated rings. The fourth-order valence-corrected chi connectivity index (χ4v) is 4.83. The lowest BCUT2D eigenvalue weighted by Crippen LogP contribution is -2.31. The molecule has 31 heavy (non-hydrogen) atoms. The third-order valence-electron chi connectivity index (χ3n) is 5.43. The molecule has 6 heteroatoms. The monoisotopic (exact) mass is 570 g/mol. The van der Waals surface area contributed by atoms with Crippen LogP contribution < -0.4 is 0 Å². The topological polar surface area (TPSA) is 36.4 Å². The Bertz CT molecular complexity index is 1020. The Balaban J connectivity index is 2.05. The fraction of sp³-hybridized carbons (Fsp3) is 0.400. The van der Waals surface area contributed by atoms with Gasteiger partial charge in [0.2, 0.25) is 0 Å². The first-order valence-electron chi connectivity index (χ1n) is 10.9. The second-order valence-corrected chi connectivity index (χ2v) is 10.0. The molecule has 0 radical (unpaired) electrons. The highest BCUT2D eigenvalue weighted by molar-refractivity contribution is 14.1. The number of pyridine rings is 1. The molecule has 2 aromatic carbocycles. The first-order valence-corrected chi connectivity index (χ1v) is 12.7. The molecule has 0 aliphatic rings. The average molecular weight is 571 g/mol. The predicted molar refractivity (Wildman–Crippen MR) is 141 cm³/mol. The lowest BCUT2D eigenvalue weighted by molar-refractivity contribution is 0.112. The van der Waals surface area contributed by atoms with Gasteiger partial charge in [0.05, 0.1) is 22.3 Å². The Labute approximate surface area is 208 Å². The second-order valence-electron chi connectivity index (χ2n) is 7.91. The van der Waals surface area contributed by atoms with E-state index in [-0.39, 0.29) is 0 Å². The number of unbranched alkanes of at least 4 members (excludes halogenated alkanes) is 2. The Hall–Kier alpha value is -0.920. The van der Waals surface area contributed by atoms with Crippen LogP contribution in [0.15, 0.2) is 42.5 Å². The van der Waals surface area contributed by atoms with Gasteiger partial charge in [-0.25, -0.2) is 4.98 Å². The molecular weight excluding hydrogens is 542 g/mol. The second kappa shape index (κ2) is 11.8. The quantitative estimate of drug-likeness (QED) is 0.253. The van der Waals surface area contributed by atoms with Crippen LogP contribution in [0.3, 0.4) is 0 Å². The van der Waals surface area contributed by atoms with Crippen molar-refractivity contribution in [3.05, 3.63) is 61.6 Å². The van der Waals surface area contributed by atoms with Crippen LogP contribution >= 0.6 is 45.8 Å². The van der Waals surface area contributed by atoms with Gasteiger partial charge in [-0.15, -0.1) is 0 Å². The molecule has 1 heterocycles. The maximum atomic E-state index is 11.3. The minimum absolute atomic E-state index is 0.497. The molecule has 0 unspecified atom stereocenters. The van der Waals surface area contributed by atoms with E-state index in [0.717, 1.165) is 64.6 Å². The molecule has 0 bridgehead atoms. The summed E-state index contributed by atoms with van der Waals surface area (Å²) in [7, 11) is 0. The molecule has 0 aliphatic carbocycles. The van der Waals surface area contributed by atoms with Crippen molar-refractivity contribution in [3.8, 4) is 11.3 Å². The third kappa shape index (κ3) is 6.55. The number of hydrogen-bond donors (Lipinski definition) is 1. The van der Waals surface area contributed by atoms with Crippen LogP contribution in [0.1, 0.15) is 51.2 Å². The van der Waals surface area contributed by atoms with E-state index < -0.39 is 6.10 Å². The summed E-state index contributed by atoms with van der Waals surface area (Å²) in [5.41, 5.74) is 3.30. The van der Waals surface area contributed by atoms with Crippen molar-refractivity contribution in [1.82, 2.24) is 9.88 Å². The highest BCUT2D eigenvalue weighted by Gasteiger charge is 2.19. The Morgan fingerprint density at radius 1 is 1.03 bits per heavy atom. The lowest BCUT2D eigenvalue weighted by Gasteiger charge is -2.26. The summed E-state index contributed by atoms with van der Waals surface area (Å²) >= 11 is 15.1. The molecule has 0 aliphatic heterocycles. The molecule has 166 valence electrons. The molecule has 0 saturated carbocycles. The smallest absolute Gasteiger partial charge is 0.0924 e. The van der Waals surface area contributed by atoms with Crippen LogP contribution in [0.4, 0.5) is 0 Å². The number of nitrogens with zero attached hydrogens (tertiary/aromatic N) is 2. The van der Waals surface area contributed by atoms with Crippen LogP contribution in [0.5, 0.6) is 0 Å². The van der Waals surface area contributed by atoms with Crippen LogP contribution in [-0.2, 0) is 0 Å². The van der Waals surface area contributed by atoms with E-state index >= 15 is 0 Å².